The quantitative estimate of drug-likeness (QED) is 0.762. The van der Waals surface area contributed by atoms with E-state index in [1.807, 2.05) is 54.6 Å². The van der Waals surface area contributed by atoms with Gasteiger partial charge in [-0.25, -0.2) is 0 Å². The third-order valence-corrected chi connectivity index (χ3v) is 4.28. The number of hydrogen-bond acceptors (Lipinski definition) is 4. The fourth-order valence-corrected chi connectivity index (χ4v) is 3.01. The lowest BCUT2D eigenvalue weighted by atomic mass is 10.1. The number of anilines is 1. The minimum atomic E-state index is -0.0922. The predicted molar refractivity (Wildman–Crippen MR) is 92.9 cm³/mol. The molecule has 1 amide bonds. The van der Waals surface area contributed by atoms with E-state index in [4.69, 9.17) is 11.6 Å². The van der Waals surface area contributed by atoms with Crippen LogP contribution in [0.25, 0.3) is 0 Å². The number of carbonyl (C=O) groups excluding carboxylic acids is 1. The predicted octanol–water partition coefficient (Wildman–Crippen LogP) is 3.96. The molecule has 0 spiro atoms. The fourth-order valence-electron chi connectivity index (χ4n) is 2.10. The van der Waals surface area contributed by atoms with Crippen LogP contribution in [0, 0.1) is 0 Å². The number of benzene rings is 2. The van der Waals surface area contributed by atoms with Crippen LogP contribution in [0.2, 0.25) is 5.02 Å². The van der Waals surface area contributed by atoms with Crippen molar-refractivity contribution < 1.29 is 4.79 Å². The van der Waals surface area contributed by atoms with Crippen molar-refractivity contribution >= 4 is 34.0 Å². The smallest absolute Gasteiger partial charge is 0.230 e. The molecule has 4 nitrogen and oxygen atoms in total. The molecule has 0 bridgehead atoms. The highest BCUT2D eigenvalue weighted by Gasteiger charge is 2.09. The van der Waals surface area contributed by atoms with E-state index in [-0.39, 0.29) is 5.91 Å². The second-order valence-corrected chi connectivity index (χ2v) is 6.51. The van der Waals surface area contributed by atoms with Crippen LogP contribution in [0.1, 0.15) is 16.1 Å². The molecule has 0 aliphatic carbocycles. The van der Waals surface area contributed by atoms with E-state index in [0.717, 1.165) is 16.1 Å². The maximum Gasteiger partial charge on any atom is 0.230 e. The molecule has 0 unspecified atom stereocenters. The summed E-state index contributed by atoms with van der Waals surface area (Å²) in [4.78, 5) is 12.0. The minimum absolute atomic E-state index is 0.0922. The number of carbonyl (C=O) groups is 1. The first-order valence-electron chi connectivity index (χ1n) is 7.09. The van der Waals surface area contributed by atoms with Crippen molar-refractivity contribution in [1.82, 2.24) is 10.2 Å². The average molecular weight is 344 g/mol. The largest absolute Gasteiger partial charge is 0.300 e. The lowest BCUT2D eigenvalue weighted by Gasteiger charge is -2.01. The van der Waals surface area contributed by atoms with Crippen molar-refractivity contribution in [2.24, 2.45) is 0 Å². The highest BCUT2D eigenvalue weighted by atomic mass is 35.5. The van der Waals surface area contributed by atoms with Gasteiger partial charge >= 0.3 is 0 Å². The Kier molecular flexibility index (Phi) is 5.00. The zero-order valence-corrected chi connectivity index (χ0v) is 13.8. The summed E-state index contributed by atoms with van der Waals surface area (Å²) in [6, 6.07) is 17.2. The Bertz CT molecular complexity index is 787. The van der Waals surface area contributed by atoms with Gasteiger partial charge in [0.15, 0.2) is 0 Å². The number of aromatic nitrogens is 2. The molecular formula is C17H14ClN3OS. The van der Waals surface area contributed by atoms with E-state index in [1.165, 1.54) is 11.3 Å². The maximum absolute atomic E-state index is 12.0. The molecule has 116 valence electrons. The maximum atomic E-state index is 12.0. The number of nitrogens with zero attached hydrogens (tertiary/aromatic N) is 2. The van der Waals surface area contributed by atoms with Crippen molar-refractivity contribution in [2.45, 2.75) is 12.8 Å². The van der Waals surface area contributed by atoms with Gasteiger partial charge in [0.25, 0.3) is 0 Å². The summed E-state index contributed by atoms with van der Waals surface area (Å²) in [7, 11) is 0. The highest BCUT2D eigenvalue weighted by molar-refractivity contribution is 7.15. The van der Waals surface area contributed by atoms with Crippen LogP contribution in [0.4, 0.5) is 5.13 Å². The number of hydrogen-bond donors (Lipinski definition) is 1. The van der Waals surface area contributed by atoms with Crippen molar-refractivity contribution in [3.8, 4) is 0 Å². The number of rotatable bonds is 5. The number of nitrogens with one attached hydrogen (secondary N) is 1. The van der Waals surface area contributed by atoms with Gasteiger partial charge in [0.05, 0.1) is 6.42 Å². The van der Waals surface area contributed by atoms with E-state index in [9.17, 15) is 4.79 Å². The van der Waals surface area contributed by atoms with Gasteiger partial charge in [-0.1, -0.05) is 65.4 Å². The van der Waals surface area contributed by atoms with Crippen LogP contribution < -0.4 is 5.32 Å². The molecule has 1 heterocycles. The Morgan fingerprint density at radius 1 is 1.00 bits per heavy atom. The molecule has 0 saturated carbocycles. The van der Waals surface area contributed by atoms with E-state index in [0.29, 0.717) is 23.0 Å². The number of halogens is 1. The van der Waals surface area contributed by atoms with Gasteiger partial charge in [-0.3, -0.25) is 4.79 Å². The van der Waals surface area contributed by atoms with Crippen LogP contribution in [0.3, 0.4) is 0 Å². The fraction of sp³-hybridized carbons (Fsp3) is 0.118. The normalized spacial score (nSPS) is 10.5. The van der Waals surface area contributed by atoms with E-state index < -0.39 is 0 Å². The zero-order valence-electron chi connectivity index (χ0n) is 12.2. The summed E-state index contributed by atoms with van der Waals surface area (Å²) in [6.45, 7) is 0. The topological polar surface area (TPSA) is 54.9 Å². The molecule has 23 heavy (non-hydrogen) atoms. The van der Waals surface area contributed by atoms with E-state index in [2.05, 4.69) is 15.5 Å². The van der Waals surface area contributed by atoms with Crippen LogP contribution in [-0.4, -0.2) is 16.1 Å². The lowest BCUT2D eigenvalue weighted by Crippen LogP contribution is -2.14. The molecule has 0 fully saturated rings. The molecule has 3 aromatic rings. The Morgan fingerprint density at radius 2 is 1.74 bits per heavy atom. The van der Waals surface area contributed by atoms with E-state index >= 15 is 0 Å². The molecular weight excluding hydrogens is 330 g/mol. The number of amides is 1. The van der Waals surface area contributed by atoms with Crippen LogP contribution in [0.15, 0.2) is 54.6 Å². The molecule has 3 rings (SSSR count). The summed E-state index contributed by atoms with van der Waals surface area (Å²) in [6.07, 6.45) is 0.996. The minimum Gasteiger partial charge on any atom is -0.300 e. The Hall–Kier alpha value is -2.24. The molecule has 2 aromatic carbocycles. The summed E-state index contributed by atoms with van der Waals surface area (Å²) in [5.74, 6) is -0.0922. The first-order chi connectivity index (χ1) is 11.2. The van der Waals surface area contributed by atoms with Gasteiger partial charge in [0.1, 0.15) is 5.01 Å². The Balaban J connectivity index is 1.58. The van der Waals surface area contributed by atoms with E-state index in [1.54, 1.807) is 0 Å². The molecule has 6 heteroatoms. The molecule has 0 aliphatic rings. The summed E-state index contributed by atoms with van der Waals surface area (Å²) in [5.41, 5.74) is 2.07. The van der Waals surface area contributed by atoms with Gasteiger partial charge in [0.2, 0.25) is 11.0 Å². The first kappa shape index (κ1) is 15.6. The molecule has 0 saturated heterocycles. The van der Waals surface area contributed by atoms with Crippen molar-refractivity contribution in [1.29, 1.82) is 0 Å². The second kappa shape index (κ2) is 7.35. The van der Waals surface area contributed by atoms with Crippen molar-refractivity contribution in [2.75, 3.05) is 5.32 Å². The monoisotopic (exact) mass is 343 g/mol. The van der Waals surface area contributed by atoms with Crippen LogP contribution >= 0.6 is 22.9 Å². The second-order valence-electron chi connectivity index (χ2n) is 5.01. The Morgan fingerprint density at radius 3 is 2.48 bits per heavy atom. The van der Waals surface area contributed by atoms with Crippen LogP contribution in [-0.2, 0) is 17.6 Å². The molecule has 0 atom stereocenters. The lowest BCUT2D eigenvalue weighted by molar-refractivity contribution is -0.115. The van der Waals surface area contributed by atoms with Crippen molar-refractivity contribution in [3.63, 3.8) is 0 Å². The summed E-state index contributed by atoms with van der Waals surface area (Å²) in [5, 5.41) is 13.0. The molecule has 0 aliphatic heterocycles. The third-order valence-electron chi connectivity index (χ3n) is 3.19. The summed E-state index contributed by atoms with van der Waals surface area (Å²) < 4.78 is 0. The average Bonchev–Trinajstić information content (AvgIpc) is 2.97. The molecule has 1 N–H and O–H groups in total. The van der Waals surface area contributed by atoms with Crippen LogP contribution in [0.5, 0.6) is 0 Å². The van der Waals surface area contributed by atoms with Gasteiger partial charge in [0, 0.05) is 11.4 Å². The zero-order chi connectivity index (χ0) is 16.1. The van der Waals surface area contributed by atoms with Crippen molar-refractivity contribution in [3.05, 3.63) is 75.8 Å². The molecule has 0 radical (unpaired) electrons. The third kappa shape index (κ3) is 4.61. The standard InChI is InChI=1S/C17H14ClN3OS/c18-14-8-6-13(7-9-14)11-16-20-21-17(23-16)19-15(22)10-12-4-2-1-3-5-12/h1-9H,10-11H2,(H,19,21,22). The van der Waals surface area contributed by atoms with Gasteiger partial charge < -0.3 is 5.32 Å². The van der Waals surface area contributed by atoms with Gasteiger partial charge in [-0.2, -0.15) is 0 Å². The van der Waals surface area contributed by atoms with Gasteiger partial charge in [-0.15, -0.1) is 10.2 Å². The summed E-state index contributed by atoms with van der Waals surface area (Å²) >= 11 is 7.25. The first-order valence-corrected chi connectivity index (χ1v) is 8.29. The Labute approximate surface area is 143 Å². The SMILES string of the molecule is O=C(Cc1ccccc1)Nc1nnc(Cc2ccc(Cl)cc2)s1. The molecule has 1 aromatic heterocycles. The van der Waals surface area contributed by atoms with Gasteiger partial charge in [-0.05, 0) is 23.3 Å². The highest BCUT2D eigenvalue weighted by Crippen LogP contribution is 2.20.